The van der Waals surface area contributed by atoms with Gasteiger partial charge in [0.15, 0.2) is 0 Å². The van der Waals surface area contributed by atoms with Crippen molar-refractivity contribution in [3.63, 3.8) is 0 Å². The molecule has 1 amide bonds. The van der Waals surface area contributed by atoms with Crippen LogP contribution in [0.1, 0.15) is 19.5 Å². The average Bonchev–Trinajstić information content (AvgIpc) is 2.81. The summed E-state index contributed by atoms with van der Waals surface area (Å²) in [5.74, 6) is 1.15. The van der Waals surface area contributed by atoms with E-state index in [4.69, 9.17) is 4.74 Å². The lowest BCUT2D eigenvalue weighted by Crippen LogP contribution is -2.07. The molecule has 2 rings (SSSR count). The lowest BCUT2D eigenvalue weighted by atomic mass is 10.1. The fourth-order valence-corrected chi connectivity index (χ4v) is 1.88. The standard InChI is InChI=1S/C14H17N3O2/c1-4-12-13(17-14(16-12)15-9(2)18)10-5-7-11(19-3)8-6-10/h5-8H,4H2,1-3H3,(H2,15,16,17,18). The summed E-state index contributed by atoms with van der Waals surface area (Å²) < 4.78 is 5.13. The molecule has 0 atom stereocenters. The Morgan fingerprint density at radius 2 is 2.05 bits per heavy atom. The van der Waals surface area contributed by atoms with Gasteiger partial charge in [-0.05, 0) is 30.7 Å². The molecule has 19 heavy (non-hydrogen) atoms. The number of benzene rings is 1. The van der Waals surface area contributed by atoms with Crippen molar-refractivity contribution in [2.45, 2.75) is 20.3 Å². The molecular formula is C14H17N3O2. The van der Waals surface area contributed by atoms with Gasteiger partial charge >= 0.3 is 0 Å². The molecule has 1 aromatic carbocycles. The fourth-order valence-electron chi connectivity index (χ4n) is 1.88. The summed E-state index contributed by atoms with van der Waals surface area (Å²) >= 11 is 0. The molecule has 1 aromatic heterocycles. The molecule has 0 aliphatic heterocycles. The molecular weight excluding hydrogens is 242 g/mol. The number of amides is 1. The zero-order valence-corrected chi connectivity index (χ0v) is 11.3. The van der Waals surface area contributed by atoms with Crippen molar-refractivity contribution in [3.05, 3.63) is 30.0 Å². The second kappa shape index (κ2) is 5.56. The minimum Gasteiger partial charge on any atom is -0.497 e. The van der Waals surface area contributed by atoms with Crippen molar-refractivity contribution in [2.75, 3.05) is 12.4 Å². The molecule has 0 radical (unpaired) electrons. The van der Waals surface area contributed by atoms with Crippen LogP contribution in [-0.2, 0) is 11.2 Å². The zero-order valence-electron chi connectivity index (χ0n) is 11.3. The van der Waals surface area contributed by atoms with Crippen molar-refractivity contribution in [2.24, 2.45) is 0 Å². The SMILES string of the molecule is CCc1[nH]c(NC(C)=O)nc1-c1ccc(OC)cc1. The minimum atomic E-state index is -0.141. The molecule has 0 saturated heterocycles. The van der Waals surface area contributed by atoms with Crippen molar-refractivity contribution < 1.29 is 9.53 Å². The van der Waals surface area contributed by atoms with Gasteiger partial charge in [0.05, 0.1) is 12.8 Å². The first-order valence-electron chi connectivity index (χ1n) is 6.15. The lowest BCUT2D eigenvalue weighted by molar-refractivity contribution is -0.114. The highest BCUT2D eigenvalue weighted by Gasteiger charge is 2.11. The van der Waals surface area contributed by atoms with Gasteiger partial charge in [-0.3, -0.25) is 10.1 Å². The highest BCUT2D eigenvalue weighted by molar-refractivity contribution is 5.87. The second-order valence-corrected chi connectivity index (χ2v) is 4.18. The van der Waals surface area contributed by atoms with Crippen molar-refractivity contribution in [1.82, 2.24) is 9.97 Å². The van der Waals surface area contributed by atoms with E-state index in [1.165, 1.54) is 6.92 Å². The Labute approximate surface area is 112 Å². The Morgan fingerprint density at radius 3 is 2.58 bits per heavy atom. The number of aromatic amines is 1. The van der Waals surface area contributed by atoms with Crippen LogP contribution < -0.4 is 10.1 Å². The number of anilines is 1. The van der Waals surface area contributed by atoms with Crippen molar-refractivity contribution in [3.8, 4) is 17.0 Å². The minimum absolute atomic E-state index is 0.141. The fraction of sp³-hybridized carbons (Fsp3) is 0.286. The van der Waals surface area contributed by atoms with Gasteiger partial charge < -0.3 is 9.72 Å². The van der Waals surface area contributed by atoms with E-state index in [-0.39, 0.29) is 5.91 Å². The number of hydrogen-bond donors (Lipinski definition) is 2. The van der Waals surface area contributed by atoms with E-state index in [0.717, 1.165) is 29.1 Å². The number of rotatable bonds is 4. The number of hydrogen-bond acceptors (Lipinski definition) is 3. The van der Waals surface area contributed by atoms with Crippen LogP contribution in [0, 0.1) is 0 Å². The van der Waals surface area contributed by atoms with E-state index in [2.05, 4.69) is 15.3 Å². The first-order valence-corrected chi connectivity index (χ1v) is 6.15. The lowest BCUT2D eigenvalue weighted by Gasteiger charge is -2.02. The quantitative estimate of drug-likeness (QED) is 0.886. The van der Waals surface area contributed by atoms with Crippen LogP contribution in [0.5, 0.6) is 5.75 Å². The number of ether oxygens (including phenoxy) is 1. The summed E-state index contributed by atoms with van der Waals surface area (Å²) in [4.78, 5) is 18.6. The molecule has 0 fully saturated rings. The number of nitrogens with zero attached hydrogens (tertiary/aromatic N) is 1. The molecule has 0 saturated carbocycles. The van der Waals surface area contributed by atoms with Crippen LogP contribution in [0.3, 0.4) is 0 Å². The maximum absolute atomic E-state index is 11.1. The largest absolute Gasteiger partial charge is 0.497 e. The predicted molar refractivity (Wildman–Crippen MR) is 74.3 cm³/mol. The maximum Gasteiger partial charge on any atom is 0.223 e. The van der Waals surface area contributed by atoms with Crippen molar-refractivity contribution in [1.29, 1.82) is 0 Å². The first-order chi connectivity index (χ1) is 9.13. The van der Waals surface area contributed by atoms with Crippen LogP contribution in [0.4, 0.5) is 5.95 Å². The number of aryl methyl sites for hydroxylation is 1. The average molecular weight is 259 g/mol. The molecule has 0 spiro atoms. The monoisotopic (exact) mass is 259 g/mol. The molecule has 5 nitrogen and oxygen atoms in total. The maximum atomic E-state index is 11.1. The third-order valence-corrected chi connectivity index (χ3v) is 2.79. The van der Waals surface area contributed by atoms with Crippen LogP contribution in [-0.4, -0.2) is 23.0 Å². The molecule has 0 aliphatic rings. The summed E-state index contributed by atoms with van der Waals surface area (Å²) in [7, 11) is 1.63. The van der Waals surface area contributed by atoms with E-state index >= 15 is 0 Å². The second-order valence-electron chi connectivity index (χ2n) is 4.18. The molecule has 0 bridgehead atoms. The third-order valence-electron chi connectivity index (χ3n) is 2.79. The van der Waals surface area contributed by atoms with Gasteiger partial charge in [0, 0.05) is 18.2 Å². The summed E-state index contributed by atoms with van der Waals surface area (Å²) in [6.07, 6.45) is 0.813. The molecule has 5 heteroatoms. The number of imidazole rings is 1. The van der Waals surface area contributed by atoms with Gasteiger partial charge in [-0.1, -0.05) is 6.92 Å². The Balaban J connectivity index is 2.36. The van der Waals surface area contributed by atoms with Gasteiger partial charge in [0.25, 0.3) is 0 Å². The molecule has 2 N–H and O–H groups in total. The summed E-state index contributed by atoms with van der Waals surface area (Å²) in [6, 6.07) is 7.68. The topological polar surface area (TPSA) is 67.0 Å². The Bertz CT molecular complexity index is 573. The number of H-pyrrole nitrogens is 1. The Kier molecular flexibility index (Phi) is 3.85. The molecule has 100 valence electrons. The van der Waals surface area contributed by atoms with Crippen LogP contribution in [0.15, 0.2) is 24.3 Å². The number of carbonyl (C=O) groups is 1. The zero-order chi connectivity index (χ0) is 13.8. The van der Waals surface area contributed by atoms with E-state index in [0.29, 0.717) is 5.95 Å². The third kappa shape index (κ3) is 2.93. The first kappa shape index (κ1) is 13.1. The van der Waals surface area contributed by atoms with E-state index in [1.54, 1.807) is 7.11 Å². The van der Waals surface area contributed by atoms with Gasteiger partial charge in [-0.25, -0.2) is 4.98 Å². The van der Waals surface area contributed by atoms with Crippen LogP contribution >= 0.6 is 0 Å². The number of aromatic nitrogens is 2. The Hall–Kier alpha value is -2.30. The highest BCUT2D eigenvalue weighted by atomic mass is 16.5. The van der Waals surface area contributed by atoms with E-state index < -0.39 is 0 Å². The molecule has 2 aromatic rings. The van der Waals surface area contributed by atoms with Gasteiger partial charge in [-0.2, -0.15) is 0 Å². The molecule has 1 heterocycles. The predicted octanol–water partition coefficient (Wildman–Crippen LogP) is 2.61. The summed E-state index contributed by atoms with van der Waals surface area (Å²) in [6.45, 7) is 3.50. The number of nitrogens with one attached hydrogen (secondary N) is 2. The van der Waals surface area contributed by atoms with E-state index in [1.807, 2.05) is 31.2 Å². The molecule has 0 aliphatic carbocycles. The normalized spacial score (nSPS) is 10.3. The number of carbonyl (C=O) groups excluding carboxylic acids is 1. The summed E-state index contributed by atoms with van der Waals surface area (Å²) in [5, 5.41) is 2.66. The number of methoxy groups -OCH3 is 1. The summed E-state index contributed by atoms with van der Waals surface area (Å²) in [5.41, 5.74) is 2.84. The van der Waals surface area contributed by atoms with Crippen molar-refractivity contribution >= 4 is 11.9 Å². The molecule has 0 unspecified atom stereocenters. The van der Waals surface area contributed by atoms with Crippen LogP contribution in [0.25, 0.3) is 11.3 Å². The van der Waals surface area contributed by atoms with Gasteiger partial charge in [-0.15, -0.1) is 0 Å². The van der Waals surface area contributed by atoms with Crippen LogP contribution in [0.2, 0.25) is 0 Å². The smallest absolute Gasteiger partial charge is 0.223 e. The Morgan fingerprint density at radius 1 is 1.37 bits per heavy atom. The van der Waals surface area contributed by atoms with E-state index in [9.17, 15) is 4.79 Å². The van der Waals surface area contributed by atoms with Gasteiger partial charge in [0.1, 0.15) is 5.75 Å². The highest BCUT2D eigenvalue weighted by Crippen LogP contribution is 2.25. The van der Waals surface area contributed by atoms with Gasteiger partial charge in [0.2, 0.25) is 11.9 Å².